The van der Waals surface area contributed by atoms with Crippen molar-refractivity contribution in [2.75, 3.05) is 13.7 Å². The summed E-state index contributed by atoms with van der Waals surface area (Å²) in [6, 6.07) is 6.96. The van der Waals surface area contributed by atoms with E-state index in [0.29, 0.717) is 23.7 Å². The minimum atomic E-state index is -1.05. The van der Waals surface area contributed by atoms with Gasteiger partial charge in [0.1, 0.15) is 35.2 Å². The van der Waals surface area contributed by atoms with Crippen molar-refractivity contribution in [3.05, 3.63) is 46.9 Å². The first-order valence-electron chi connectivity index (χ1n) is 7.88. The van der Waals surface area contributed by atoms with Crippen molar-refractivity contribution >= 4 is 11.9 Å². The van der Waals surface area contributed by atoms with Crippen molar-refractivity contribution in [1.29, 1.82) is 0 Å². The first-order valence-corrected chi connectivity index (χ1v) is 7.88. The Morgan fingerprint density at radius 2 is 2.16 bits per heavy atom. The maximum Gasteiger partial charge on any atom is 0.339 e. The van der Waals surface area contributed by atoms with Gasteiger partial charge < -0.3 is 24.3 Å². The van der Waals surface area contributed by atoms with Gasteiger partial charge in [-0.1, -0.05) is 6.07 Å². The molecule has 7 nitrogen and oxygen atoms in total. The molecule has 1 aromatic carbocycles. The van der Waals surface area contributed by atoms with Crippen molar-refractivity contribution < 1.29 is 28.6 Å². The van der Waals surface area contributed by atoms with Gasteiger partial charge in [-0.15, -0.1) is 0 Å². The summed E-state index contributed by atoms with van der Waals surface area (Å²) in [4.78, 5) is 23.4. The number of carboxylic acids is 1. The van der Waals surface area contributed by atoms with Crippen LogP contribution in [0.15, 0.2) is 28.7 Å². The standard InChI is InChI=1S/C18H19NO6/c1-10-15(18(21)22)6-14(25-10)8-19-17(20)12-5-11-3-4-13(23-2)7-16(11)24-9-12/h3-4,6-7,12H,5,8-9H2,1-2H3,(H,19,20)(H,21,22)/t12-/m1/s1. The van der Waals surface area contributed by atoms with Crippen molar-refractivity contribution in [2.24, 2.45) is 5.92 Å². The second-order valence-corrected chi connectivity index (χ2v) is 5.89. The zero-order valence-electron chi connectivity index (χ0n) is 14.0. The Hall–Kier alpha value is -2.96. The number of furan rings is 1. The molecule has 1 aliphatic rings. The lowest BCUT2D eigenvalue weighted by Crippen LogP contribution is -2.37. The van der Waals surface area contributed by atoms with Crippen LogP contribution in [0, 0.1) is 12.8 Å². The van der Waals surface area contributed by atoms with Gasteiger partial charge in [0.2, 0.25) is 5.91 Å². The third-order valence-corrected chi connectivity index (χ3v) is 4.19. The van der Waals surface area contributed by atoms with Crippen LogP contribution in [0.1, 0.15) is 27.4 Å². The second kappa shape index (κ2) is 6.88. The molecule has 2 heterocycles. The number of hydrogen-bond donors (Lipinski definition) is 2. The molecule has 132 valence electrons. The molecule has 1 atom stereocenters. The first kappa shape index (κ1) is 16.9. The summed E-state index contributed by atoms with van der Waals surface area (Å²) in [6.07, 6.45) is 0.572. The number of benzene rings is 1. The van der Waals surface area contributed by atoms with E-state index < -0.39 is 5.97 Å². The fourth-order valence-corrected chi connectivity index (χ4v) is 2.81. The Bertz CT molecular complexity index is 810. The molecule has 0 fully saturated rings. The molecule has 1 aliphatic heterocycles. The summed E-state index contributed by atoms with van der Waals surface area (Å²) in [5, 5.41) is 11.8. The van der Waals surface area contributed by atoms with Gasteiger partial charge in [0.15, 0.2) is 0 Å². The fourth-order valence-electron chi connectivity index (χ4n) is 2.81. The van der Waals surface area contributed by atoms with Crippen molar-refractivity contribution in [2.45, 2.75) is 19.9 Å². The normalized spacial score (nSPS) is 15.8. The van der Waals surface area contributed by atoms with Gasteiger partial charge in [-0.3, -0.25) is 4.79 Å². The molecule has 0 radical (unpaired) electrons. The van der Waals surface area contributed by atoms with Crippen LogP contribution in [0.3, 0.4) is 0 Å². The van der Waals surface area contributed by atoms with E-state index in [1.165, 1.54) is 6.07 Å². The van der Waals surface area contributed by atoms with Gasteiger partial charge in [0.05, 0.1) is 19.6 Å². The molecular formula is C18H19NO6. The number of aryl methyl sites for hydroxylation is 1. The number of nitrogens with one attached hydrogen (secondary N) is 1. The summed E-state index contributed by atoms with van der Waals surface area (Å²) >= 11 is 0. The van der Waals surface area contributed by atoms with E-state index in [1.54, 1.807) is 14.0 Å². The molecule has 2 N–H and O–H groups in total. The van der Waals surface area contributed by atoms with E-state index >= 15 is 0 Å². The lowest BCUT2D eigenvalue weighted by molar-refractivity contribution is -0.126. The number of fused-ring (bicyclic) bond motifs is 1. The SMILES string of the molecule is COc1ccc2c(c1)OC[C@H](C(=O)NCc1cc(C(=O)O)c(C)o1)C2. The molecule has 3 rings (SSSR count). The molecule has 1 aromatic heterocycles. The summed E-state index contributed by atoms with van der Waals surface area (Å²) < 4.78 is 16.2. The van der Waals surface area contributed by atoms with Crippen molar-refractivity contribution in [3.8, 4) is 11.5 Å². The largest absolute Gasteiger partial charge is 0.497 e. The molecule has 0 saturated carbocycles. The topological polar surface area (TPSA) is 98.0 Å². The van der Waals surface area contributed by atoms with Crippen LogP contribution < -0.4 is 14.8 Å². The van der Waals surface area contributed by atoms with Gasteiger partial charge >= 0.3 is 5.97 Å². The Balaban J connectivity index is 1.60. The Morgan fingerprint density at radius 1 is 1.36 bits per heavy atom. The third-order valence-electron chi connectivity index (χ3n) is 4.19. The van der Waals surface area contributed by atoms with E-state index in [4.69, 9.17) is 19.0 Å². The van der Waals surface area contributed by atoms with E-state index in [1.807, 2.05) is 18.2 Å². The van der Waals surface area contributed by atoms with Gasteiger partial charge in [0, 0.05) is 6.07 Å². The van der Waals surface area contributed by atoms with Crippen LogP contribution >= 0.6 is 0 Å². The minimum Gasteiger partial charge on any atom is -0.497 e. The average Bonchev–Trinajstić information content (AvgIpc) is 2.99. The lowest BCUT2D eigenvalue weighted by Gasteiger charge is -2.24. The third kappa shape index (κ3) is 3.60. The Morgan fingerprint density at radius 3 is 2.84 bits per heavy atom. The number of methoxy groups -OCH3 is 1. The zero-order valence-corrected chi connectivity index (χ0v) is 14.0. The summed E-state index contributed by atoms with van der Waals surface area (Å²) in [5.41, 5.74) is 1.06. The molecule has 0 spiro atoms. The number of carboxylic acid groups (broad SMARTS) is 1. The highest BCUT2D eigenvalue weighted by molar-refractivity contribution is 5.88. The molecule has 2 aromatic rings. The summed E-state index contributed by atoms with van der Waals surface area (Å²) in [7, 11) is 1.59. The average molecular weight is 345 g/mol. The van der Waals surface area contributed by atoms with E-state index in [-0.39, 0.29) is 30.5 Å². The Labute approximate surface area is 144 Å². The Kier molecular flexibility index (Phi) is 4.65. The predicted octanol–water partition coefficient (Wildman–Crippen LogP) is 2.16. The lowest BCUT2D eigenvalue weighted by atomic mass is 9.96. The summed E-state index contributed by atoms with van der Waals surface area (Å²) in [6.45, 7) is 2.00. The number of rotatable bonds is 5. The monoisotopic (exact) mass is 345 g/mol. The maximum absolute atomic E-state index is 12.4. The quantitative estimate of drug-likeness (QED) is 0.862. The van der Waals surface area contributed by atoms with Gasteiger partial charge in [-0.25, -0.2) is 4.79 Å². The highest BCUT2D eigenvalue weighted by Crippen LogP contribution is 2.31. The number of ether oxygens (including phenoxy) is 2. The number of hydrogen-bond acceptors (Lipinski definition) is 5. The molecule has 7 heteroatoms. The van der Waals surface area contributed by atoms with E-state index in [9.17, 15) is 9.59 Å². The van der Waals surface area contributed by atoms with E-state index in [0.717, 1.165) is 11.3 Å². The van der Waals surface area contributed by atoms with Gasteiger partial charge in [-0.05, 0) is 31.0 Å². The smallest absolute Gasteiger partial charge is 0.339 e. The van der Waals surface area contributed by atoms with Crippen LogP contribution in [0.4, 0.5) is 0 Å². The first-order chi connectivity index (χ1) is 12.0. The number of carbonyl (C=O) groups excluding carboxylic acids is 1. The van der Waals surface area contributed by atoms with Crippen LogP contribution in [-0.2, 0) is 17.8 Å². The van der Waals surface area contributed by atoms with Crippen LogP contribution in [-0.4, -0.2) is 30.7 Å². The van der Waals surface area contributed by atoms with Crippen LogP contribution in [0.5, 0.6) is 11.5 Å². The van der Waals surface area contributed by atoms with Crippen LogP contribution in [0.2, 0.25) is 0 Å². The molecule has 25 heavy (non-hydrogen) atoms. The fraction of sp³-hybridized carbons (Fsp3) is 0.333. The maximum atomic E-state index is 12.4. The summed E-state index contributed by atoms with van der Waals surface area (Å²) in [5.74, 6) is 0.654. The second-order valence-electron chi connectivity index (χ2n) is 5.89. The molecule has 1 amide bonds. The molecule has 0 aliphatic carbocycles. The number of aromatic carboxylic acids is 1. The van der Waals surface area contributed by atoms with Crippen molar-refractivity contribution in [1.82, 2.24) is 5.32 Å². The molecule has 0 bridgehead atoms. The minimum absolute atomic E-state index is 0.105. The molecule has 0 unspecified atom stereocenters. The molecule has 0 saturated heterocycles. The van der Waals surface area contributed by atoms with E-state index in [2.05, 4.69) is 5.32 Å². The zero-order chi connectivity index (χ0) is 18.0. The van der Waals surface area contributed by atoms with Crippen LogP contribution in [0.25, 0.3) is 0 Å². The van der Waals surface area contributed by atoms with Gasteiger partial charge in [0.25, 0.3) is 0 Å². The van der Waals surface area contributed by atoms with Crippen molar-refractivity contribution in [3.63, 3.8) is 0 Å². The highest BCUT2D eigenvalue weighted by Gasteiger charge is 2.26. The molecular weight excluding hydrogens is 326 g/mol. The highest BCUT2D eigenvalue weighted by atomic mass is 16.5. The van der Waals surface area contributed by atoms with Gasteiger partial charge in [-0.2, -0.15) is 0 Å². The number of carbonyl (C=O) groups is 2. The number of amides is 1. The predicted molar refractivity (Wildman–Crippen MR) is 87.9 cm³/mol.